The number of methoxy groups -OCH3 is 2. The average molecular weight is 436 g/mol. The molecule has 0 aliphatic carbocycles. The van der Waals surface area contributed by atoms with Gasteiger partial charge in [-0.05, 0) is 30.3 Å². The van der Waals surface area contributed by atoms with Crippen LogP contribution in [0.1, 0.15) is 10.4 Å². The SMILES string of the molecule is COc1cc(NC(=O)CNC(=O)c2ccc3nc(-n4cccc4)sc3c2)cc(OC)c1. The predicted octanol–water partition coefficient (Wildman–Crippen LogP) is 3.47. The molecule has 4 rings (SSSR count). The van der Waals surface area contributed by atoms with E-state index in [1.165, 1.54) is 25.6 Å². The molecule has 0 fully saturated rings. The van der Waals surface area contributed by atoms with Crippen LogP contribution in [0.5, 0.6) is 11.5 Å². The number of hydrogen-bond donors (Lipinski definition) is 2. The van der Waals surface area contributed by atoms with Crippen LogP contribution in [-0.4, -0.2) is 42.1 Å². The lowest BCUT2D eigenvalue weighted by Crippen LogP contribution is -2.32. The predicted molar refractivity (Wildman–Crippen MR) is 119 cm³/mol. The van der Waals surface area contributed by atoms with Crippen molar-refractivity contribution in [2.45, 2.75) is 0 Å². The molecule has 158 valence electrons. The molecule has 0 bridgehead atoms. The number of carbonyl (C=O) groups is 2. The first-order valence-electron chi connectivity index (χ1n) is 9.41. The van der Waals surface area contributed by atoms with Crippen molar-refractivity contribution in [3.05, 3.63) is 66.5 Å². The fourth-order valence-corrected chi connectivity index (χ4v) is 3.95. The monoisotopic (exact) mass is 436 g/mol. The van der Waals surface area contributed by atoms with Crippen LogP contribution in [0.3, 0.4) is 0 Å². The number of nitrogens with one attached hydrogen (secondary N) is 2. The van der Waals surface area contributed by atoms with Gasteiger partial charge in [0.15, 0.2) is 5.13 Å². The number of hydrogen-bond acceptors (Lipinski definition) is 6. The molecule has 2 aromatic carbocycles. The van der Waals surface area contributed by atoms with Crippen molar-refractivity contribution in [2.24, 2.45) is 0 Å². The molecule has 8 nitrogen and oxygen atoms in total. The lowest BCUT2D eigenvalue weighted by Gasteiger charge is -2.10. The highest BCUT2D eigenvalue weighted by Gasteiger charge is 2.12. The van der Waals surface area contributed by atoms with E-state index < -0.39 is 0 Å². The molecule has 4 aromatic rings. The first-order valence-corrected chi connectivity index (χ1v) is 10.2. The van der Waals surface area contributed by atoms with Crippen LogP contribution in [0.4, 0.5) is 5.69 Å². The molecule has 9 heteroatoms. The van der Waals surface area contributed by atoms with Crippen LogP contribution in [0.2, 0.25) is 0 Å². The van der Waals surface area contributed by atoms with Crippen molar-refractivity contribution in [3.63, 3.8) is 0 Å². The molecule has 0 saturated carbocycles. The maximum absolute atomic E-state index is 12.5. The topological polar surface area (TPSA) is 94.5 Å². The molecule has 0 spiro atoms. The smallest absolute Gasteiger partial charge is 0.251 e. The van der Waals surface area contributed by atoms with Gasteiger partial charge in [0.1, 0.15) is 11.5 Å². The lowest BCUT2D eigenvalue weighted by atomic mass is 10.2. The maximum Gasteiger partial charge on any atom is 0.251 e. The molecule has 2 heterocycles. The van der Waals surface area contributed by atoms with Crippen molar-refractivity contribution in [1.82, 2.24) is 14.9 Å². The number of aromatic nitrogens is 2. The summed E-state index contributed by atoms with van der Waals surface area (Å²) in [7, 11) is 3.06. The number of nitrogens with zero attached hydrogens (tertiary/aromatic N) is 2. The Kier molecular flexibility index (Phi) is 5.85. The van der Waals surface area contributed by atoms with E-state index in [0.717, 1.165) is 15.3 Å². The second-order valence-electron chi connectivity index (χ2n) is 6.60. The van der Waals surface area contributed by atoms with Gasteiger partial charge in [-0.3, -0.25) is 9.59 Å². The second-order valence-corrected chi connectivity index (χ2v) is 7.61. The van der Waals surface area contributed by atoms with Crippen LogP contribution in [0, 0.1) is 0 Å². The molecular weight excluding hydrogens is 416 g/mol. The van der Waals surface area contributed by atoms with E-state index in [2.05, 4.69) is 15.6 Å². The first-order chi connectivity index (χ1) is 15.1. The van der Waals surface area contributed by atoms with Crippen LogP contribution in [0.15, 0.2) is 60.9 Å². The van der Waals surface area contributed by atoms with E-state index >= 15 is 0 Å². The van der Waals surface area contributed by atoms with Gasteiger partial charge in [0.25, 0.3) is 5.91 Å². The van der Waals surface area contributed by atoms with Gasteiger partial charge in [-0.15, -0.1) is 0 Å². The van der Waals surface area contributed by atoms with Gasteiger partial charge < -0.3 is 24.7 Å². The van der Waals surface area contributed by atoms with Crippen LogP contribution < -0.4 is 20.1 Å². The van der Waals surface area contributed by atoms with Crippen LogP contribution in [0.25, 0.3) is 15.3 Å². The Bertz CT molecular complexity index is 1210. The largest absolute Gasteiger partial charge is 0.497 e. The quantitative estimate of drug-likeness (QED) is 0.463. The summed E-state index contributed by atoms with van der Waals surface area (Å²) in [6, 6.07) is 14.2. The lowest BCUT2D eigenvalue weighted by molar-refractivity contribution is -0.115. The fraction of sp³-hybridized carbons (Fsp3) is 0.136. The standard InChI is InChI=1S/C22H20N4O4S/c1-29-16-10-15(11-17(12-16)30-2)24-20(27)13-23-21(28)14-5-6-18-19(9-14)31-22(25-18)26-7-3-4-8-26/h3-12H,13H2,1-2H3,(H,23,28)(H,24,27). The molecule has 2 amide bonds. The molecule has 0 unspecified atom stereocenters. The van der Waals surface area contributed by atoms with Crippen molar-refractivity contribution in [3.8, 4) is 16.6 Å². The third-order valence-corrected chi connectivity index (χ3v) is 5.54. The van der Waals surface area contributed by atoms with E-state index in [0.29, 0.717) is 22.7 Å². The summed E-state index contributed by atoms with van der Waals surface area (Å²) in [4.78, 5) is 29.4. The molecule has 0 aliphatic rings. The first kappa shape index (κ1) is 20.4. The second kappa shape index (κ2) is 8.88. The third kappa shape index (κ3) is 4.67. The van der Waals surface area contributed by atoms with Gasteiger partial charge >= 0.3 is 0 Å². The molecule has 0 atom stereocenters. The van der Waals surface area contributed by atoms with Crippen LogP contribution >= 0.6 is 11.3 Å². The number of thiazole rings is 1. The zero-order valence-corrected chi connectivity index (χ0v) is 17.7. The van der Waals surface area contributed by atoms with Crippen molar-refractivity contribution >= 4 is 39.1 Å². The van der Waals surface area contributed by atoms with E-state index in [4.69, 9.17) is 9.47 Å². The molecule has 0 aliphatic heterocycles. The minimum absolute atomic E-state index is 0.173. The third-order valence-electron chi connectivity index (χ3n) is 4.51. The Hall–Kier alpha value is -3.85. The molecular formula is C22H20N4O4S. The number of carbonyl (C=O) groups excluding carboxylic acids is 2. The highest BCUT2D eigenvalue weighted by Crippen LogP contribution is 2.27. The van der Waals surface area contributed by atoms with Crippen LogP contribution in [-0.2, 0) is 4.79 Å². The van der Waals surface area contributed by atoms with Crippen molar-refractivity contribution < 1.29 is 19.1 Å². The summed E-state index contributed by atoms with van der Waals surface area (Å²) < 4.78 is 13.2. The zero-order valence-electron chi connectivity index (χ0n) is 16.9. The molecule has 0 radical (unpaired) electrons. The molecule has 2 aromatic heterocycles. The molecule has 2 N–H and O–H groups in total. The summed E-state index contributed by atoms with van der Waals surface area (Å²) in [6.07, 6.45) is 3.84. The summed E-state index contributed by atoms with van der Waals surface area (Å²) >= 11 is 1.49. The van der Waals surface area contributed by atoms with Gasteiger partial charge in [0.2, 0.25) is 5.91 Å². The zero-order chi connectivity index (χ0) is 21.8. The van der Waals surface area contributed by atoms with E-state index in [1.807, 2.05) is 29.1 Å². The van der Waals surface area contributed by atoms with Gasteiger partial charge in [-0.2, -0.15) is 0 Å². The van der Waals surface area contributed by atoms with E-state index in [9.17, 15) is 9.59 Å². The molecule has 31 heavy (non-hydrogen) atoms. The number of benzene rings is 2. The summed E-state index contributed by atoms with van der Waals surface area (Å²) in [5.74, 6) is 0.403. The van der Waals surface area contributed by atoms with Gasteiger partial charge in [-0.1, -0.05) is 11.3 Å². The van der Waals surface area contributed by atoms with Gasteiger partial charge in [0.05, 0.1) is 31.0 Å². The number of amides is 2. The Morgan fingerprint density at radius 3 is 2.42 bits per heavy atom. The fourth-order valence-electron chi connectivity index (χ4n) is 2.97. The highest BCUT2D eigenvalue weighted by molar-refractivity contribution is 7.20. The minimum atomic E-state index is -0.364. The number of ether oxygens (including phenoxy) is 2. The van der Waals surface area contributed by atoms with Gasteiger partial charge in [0, 0.05) is 41.8 Å². The summed E-state index contributed by atoms with van der Waals surface area (Å²) in [5.41, 5.74) is 1.79. The Labute approximate surface area is 182 Å². The van der Waals surface area contributed by atoms with Crippen molar-refractivity contribution in [1.29, 1.82) is 0 Å². The minimum Gasteiger partial charge on any atom is -0.497 e. The number of anilines is 1. The normalized spacial score (nSPS) is 10.6. The average Bonchev–Trinajstić information content (AvgIpc) is 3.46. The van der Waals surface area contributed by atoms with Crippen molar-refractivity contribution in [2.75, 3.05) is 26.1 Å². The van der Waals surface area contributed by atoms with E-state index in [-0.39, 0.29) is 18.4 Å². The number of rotatable bonds is 7. The summed E-state index contributed by atoms with van der Waals surface area (Å²) in [6.45, 7) is -0.173. The van der Waals surface area contributed by atoms with E-state index in [1.54, 1.807) is 36.4 Å². The maximum atomic E-state index is 12.5. The molecule has 0 saturated heterocycles. The Morgan fingerprint density at radius 1 is 1.03 bits per heavy atom. The highest BCUT2D eigenvalue weighted by atomic mass is 32.1. The Morgan fingerprint density at radius 2 is 1.74 bits per heavy atom. The van der Waals surface area contributed by atoms with Gasteiger partial charge in [-0.25, -0.2) is 4.98 Å². The number of fused-ring (bicyclic) bond motifs is 1. The Balaban J connectivity index is 1.40. The summed E-state index contributed by atoms with van der Waals surface area (Å²) in [5, 5.41) is 6.19.